The van der Waals surface area contributed by atoms with Gasteiger partial charge in [-0.15, -0.1) is 0 Å². The zero-order chi connectivity index (χ0) is 12.8. The van der Waals surface area contributed by atoms with E-state index >= 15 is 0 Å². The van der Waals surface area contributed by atoms with Gasteiger partial charge in [-0.3, -0.25) is 0 Å². The summed E-state index contributed by atoms with van der Waals surface area (Å²) in [6, 6.07) is 7.11. The number of ether oxygens (including phenoxy) is 1. The Kier molecular flexibility index (Phi) is 5.16. The fourth-order valence-electron chi connectivity index (χ4n) is 1.94. The molecule has 3 nitrogen and oxygen atoms in total. The van der Waals surface area contributed by atoms with Gasteiger partial charge in [-0.25, -0.2) is 4.79 Å². The molecule has 17 heavy (non-hydrogen) atoms. The number of rotatable bonds is 6. The van der Waals surface area contributed by atoms with Gasteiger partial charge in [-0.05, 0) is 30.4 Å². The summed E-state index contributed by atoms with van der Waals surface area (Å²) in [4.78, 5) is 11.1. The monoisotopic (exact) mass is 236 g/mol. The minimum atomic E-state index is -0.875. The number of hydrogen-bond donors (Lipinski definition) is 1. The van der Waals surface area contributed by atoms with E-state index < -0.39 is 5.97 Å². The number of carboxylic acid groups (broad SMARTS) is 1. The zero-order valence-electron chi connectivity index (χ0n) is 10.6. The Labute approximate surface area is 102 Å². The van der Waals surface area contributed by atoms with Crippen LogP contribution in [0.1, 0.15) is 36.2 Å². The summed E-state index contributed by atoms with van der Waals surface area (Å²) >= 11 is 0. The highest BCUT2D eigenvalue weighted by molar-refractivity contribution is 5.89. The maximum absolute atomic E-state index is 11.1. The molecule has 0 aliphatic heterocycles. The second-order valence-electron chi connectivity index (χ2n) is 4.65. The van der Waals surface area contributed by atoms with E-state index in [1.54, 1.807) is 19.2 Å². The Balaban J connectivity index is 2.82. The van der Waals surface area contributed by atoms with E-state index in [1.807, 2.05) is 12.1 Å². The summed E-state index contributed by atoms with van der Waals surface area (Å²) in [5.41, 5.74) is 1.21. The minimum Gasteiger partial charge on any atom is -0.478 e. The van der Waals surface area contributed by atoms with E-state index in [1.165, 1.54) is 0 Å². The van der Waals surface area contributed by atoms with Gasteiger partial charge in [0.25, 0.3) is 0 Å². The van der Waals surface area contributed by atoms with Crippen molar-refractivity contribution in [2.24, 2.45) is 5.92 Å². The van der Waals surface area contributed by atoms with Crippen LogP contribution in [0.2, 0.25) is 0 Å². The van der Waals surface area contributed by atoms with Crippen molar-refractivity contribution >= 4 is 5.97 Å². The average molecular weight is 236 g/mol. The third kappa shape index (κ3) is 4.19. The Morgan fingerprint density at radius 1 is 1.35 bits per heavy atom. The Morgan fingerprint density at radius 2 is 2.00 bits per heavy atom. The van der Waals surface area contributed by atoms with Gasteiger partial charge in [0.05, 0.1) is 11.7 Å². The summed E-state index contributed by atoms with van der Waals surface area (Å²) < 4.78 is 5.41. The zero-order valence-corrected chi connectivity index (χ0v) is 10.6. The van der Waals surface area contributed by atoms with Gasteiger partial charge in [0.1, 0.15) is 0 Å². The van der Waals surface area contributed by atoms with Gasteiger partial charge in [0, 0.05) is 7.11 Å². The summed E-state index contributed by atoms with van der Waals surface area (Å²) in [5.74, 6) is -0.336. The topological polar surface area (TPSA) is 46.5 Å². The molecule has 0 aliphatic carbocycles. The minimum absolute atomic E-state index is 0.0792. The van der Waals surface area contributed by atoms with Gasteiger partial charge in [-0.2, -0.15) is 0 Å². The summed E-state index contributed by atoms with van der Waals surface area (Å²) in [7, 11) is 1.68. The molecule has 1 unspecified atom stereocenters. The van der Waals surface area contributed by atoms with Crippen LogP contribution in [0.15, 0.2) is 24.3 Å². The molecule has 0 bridgehead atoms. The molecule has 0 radical (unpaired) electrons. The van der Waals surface area contributed by atoms with E-state index in [0.29, 0.717) is 17.9 Å². The second kappa shape index (κ2) is 6.40. The normalized spacial score (nSPS) is 12.7. The molecule has 3 heteroatoms. The van der Waals surface area contributed by atoms with Crippen molar-refractivity contribution < 1.29 is 14.6 Å². The summed E-state index contributed by atoms with van der Waals surface area (Å²) in [6.07, 6.45) is 1.66. The average Bonchev–Trinajstić information content (AvgIpc) is 2.28. The number of methoxy groups -OCH3 is 1. The van der Waals surface area contributed by atoms with Crippen LogP contribution in [0.4, 0.5) is 0 Å². The Morgan fingerprint density at radius 3 is 2.53 bits per heavy atom. The third-order valence-corrected chi connectivity index (χ3v) is 2.76. The highest BCUT2D eigenvalue weighted by Crippen LogP contribution is 2.17. The van der Waals surface area contributed by atoms with E-state index in [0.717, 1.165) is 12.0 Å². The molecule has 0 aliphatic rings. The third-order valence-electron chi connectivity index (χ3n) is 2.76. The van der Waals surface area contributed by atoms with Crippen molar-refractivity contribution in [1.29, 1.82) is 0 Å². The molecule has 0 spiro atoms. The maximum atomic E-state index is 11.1. The molecule has 0 saturated carbocycles. The van der Waals surface area contributed by atoms with Crippen LogP contribution in [0.3, 0.4) is 0 Å². The van der Waals surface area contributed by atoms with E-state index in [9.17, 15) is 4.79 Å². The fourth-order valence-corrected chi connectivity index (χ4v) is 1.94. The first-order valence-electron chi connectivity index (χ1n) is 5.88. The number of benzene rings is 1. The van der Waals surface area contributed by atoms with Crippen LogP contribution >= 0.6 is 0 Å². The first-order chi connectivity index (χ1) is 8.04. The highest BCUT2D eigenvalue weighted by atomic mass is 16.5. The maximum Gasteiger partial charge on any atom is 0.335 e. The van der Waals surface area contributed by atoms with Crippen LogP contribution in [0.25, 0.3) is 0 Å². The quantitative estimate of drug-likeness (QED) is 0.826. The van der Waals surface area contributed by atoms with E-state index in [4.69, 9.17) is 9.84 Å². The van der Waals surface area contributed by atoms with Gasteiger partial charge < -0.3 is 9.84 Å². The molecular formula is C14H20O3. The lowest BCUT2D eigenvalue weighted by atomic mass is 9.96. The fraction of sp³-hybridized carbons (Fsp3) is 0.500. The van der Waals surface area contributed by atoms with E-state index in [-0.39, 0.29) is 6.10 Å². The summed E-state index contributed by atoms with van der Waals surface area (Å²) in [5, 5.41) is 9.09. The van der Waals surface area contributed by atoms with Gasteiger partial charge in [0.2, 0.25) is 0 Å². The number of carboxylic acids is 1. The molecule has 0 fully saturated rings. The molecule has 94 valence electrons. The molecule has 0 amide bonds. The van der Waals surface area contributed by atoms with Crippen LogP contribution in [-0.2, 0) is 11.2 Å². The lowest BCUT2D eigenvalue weighted by Crippen LogP contribution is -2.18. The predicted octanol–water partition coefficient (Wildman–Crippen LogP) is 2.99. The second-order valence-corrected chi connectivity index (χ2v) is 4.65. The largest absolute Gasteiger partial charge is 0.478 e. The molecule has 1 aromatic carbocycles. The molecule has 1 aromatic rings. The Hall–Kier alpha value is -1.35. The predicted molar refractivity (Wildman–Crippen MR) is 67.4 cm³/mol. The molecule has 0 aromatic heterocycles. The Bertz CT molecular complexity index is 371. The lowest BCUT2D eigenvalue weighted by Gasteiger charge is -2.18. The molecule has 1 N–H and O–H groups in total. The van der Waals surface area contributed by atoms with Crippen molar-refractivity contribution in [1.82, 2.24) is 0 Å². The molecule has 1 atom stereocenters. The smallest absolute Gasteiger partial charge is 0.335 e. The molecule has 0 saturated heterocycles. The van der Waals surface area contributed by atoms with Crippen molar-refractivity contribution in [3.05, 3.63) is 35.4 Å². The van der Waals surface area contributed by atoms with Gasteiger partial charge in [0.15, 0.2) is 0 Å². The van der Waals surface area contributed by atoms with E-state index in [2.05, 4.69) is 13.8 Å². The number of carbonyl (C=O) groups is 1. The number of aromatic carboxylic acids is 1. The van der Waals surface area contributed by atoms with Crippen molar-refractivity contribution in [3.63, 3.8) is 0 Å². The van der Waals surface area contributed by atoms with Crippen LogP contribution < -0.4 is 0 Å². The SMILES string of the molecule is COC(Cc1ccccc1C(=O)O)CC(C)C. The van der Waals surface area contributed by atoms with Crippen molar-refractivity contribution in [2.45, 2.75) is 32.8 Å². The summed E-state index contributed by atoms with van der Waals surface area (Å²) in [6.45, 7) is 4.27. The van der Waals surface area contributed by atoms with Crippen molar-refractivity contribution in [3.8, 4) is 0 Å². The van der Waals surface area contributed by atoms with Crippen LogP contribution in [0, 0.1) is 5.92 Å². The van der Waals surface area contributed by atoms with Crippen LogP contribution in [0.5, 0.6) is 0 Å². The molecule has 1 rings (SSSR count). The lowest BCUT2D eigenvalue weighted by molar-refractivity contribution is 0.0689. The molecular weight excluding hydrogens is 216 g/mol. The van der Waals surface area contributed by atoms with Gasteiger partial charge >= 0.3 is 5.97 Å². The van der Waals surface area contributed by atoms with Gasteiger partial charge in [-0.1, -0.05) is 32.0 Å². The number of hydrogen-bond acceptors (Lipinski definition) is 2. The van der Waals surface area contributed by atoms with Crippen molar-refractivity contribution in [2.75, 3.05) is 7.11 Å². The first-order valence-corrected chi connectivity index (χ1v) is 5.88. The molecule has 0 heterocycles. The highest BCUT2D eigenvalue weighted by Gasteiger charge is 2.15. The standard InChI is InChI=1S/C14H20O3/c1-10(2)8-12(17-3)9-11-6-4-5-7-13(11)14(15)16/h4-7,10,12H,8-9H2,1-3H3,(H,15,16). The first kappa shape index (κ1) is 13.7. The van der Waals surface area contributed by atoms with Crippen LogP contribution in [-0.4, -0.2) is 24.3 Å².